The Balaban J connectivity index is 1.97. The van der Waals surface area contributed by atoms with Crippen LogP contribution >= 0.6 is 0 Å². The Bertz CT molecular complexity index is 439. The van der Waals surface area contributed by atoms with Gasteiger partial charge in [-0.1, -0.05) is 0 Å². The monoisotopic (exact) mass is 274 g/mol. The first-order valence-electron chi connectivity index (χ1n) is 5.85. The number of hydroxylamine groups is 2. The van der Waals surface area contributed by atoms with Crippen molar-refractivity contribution in [3.8, 4) is 0 Å². The van der Waals surface area contributed by atoms with Crippen LogP contribution in [0, 0.1) is 0 Å². The summed E-state index contributed by atoms with van der Waals surface area (Å²) in [4.78, 5) is 16.8. The van der Waals surface area contributed by atoms with Crippen LogP contribution in [0.25, 0.3) is 0 Å². The molecule has 0 saturated carbocycles. The molecule has 1 aromatic rings. The molecule has 0 aliphatic carbocycles. The zero-order valence-electron chi connectivity index (χ0n) is 10.0. The first kappa shape index (κ1) is 13.7. The number of halogens is 3. The lowest BCUT2D eigenvalue weighted by Gasteiger charge is -2.25. The lowest BCUT2D eigenvalue weighted by Crippen LogP contribution is -2.38. The average Bonchev–Trinajstić information content (AvgIpc) is 2.39. The summed E-state index contributed by atoms with van der Waals surface area (Å²) >= 11 is 0. The molecule has 2 amide bonds. The van der Waals surface area contributed by atoms with E-state index in [4.69, 9.17) is 4.84 Å². The van der Waals surface area contributed by atoms with Crippen molar-refractivity contribution >= 4 is 11.7 Å². The minimum Gasteiger partial charge on any atom is -0.306 e. The van der Waals surface area contributed by atoms with Crippen molar-refractivity contribution < 1.29 is 22.8 Å². The summed E-state index contributed by atoms with van der Waals surface area (Å²) in [5, 5.41) is 3.67. The van der Waals surface area contributed by atoms with Gasteiger partial charge in [0.05, 0.1) is 18.7 Å². The number of rotatable bonds is 1. The number of nitrogens with one attached hydrogen (secondary N) is 1. The number of anilines is 1. The fourth-order valence-corrected chi connectivity index (χ4v) is 1.69. The van der Waals surface area contributed by atoms with Gasteiger partial charge < -0.3 is 5.32 Å². The van der Waals surface area contributed by atoms with E-state index in [0.29, 0.717) is 18.8 Å². The zero-order chi connectivity index (χ0) is 13.9. The van der Waals surface area contributed by atoms with E-state index in [1.165, 1.54) is 17.2 Å². The fourth-order valence-electron chi connectivity index (χ4n) is 1.69. The third kappa shape index (κ3) is 3.60. The maximum atomic E-state index is 12.4. The predicted octanol–water partition coefficient (Wildman–Crippen LogP) is 3.26. The highest BCUT2D eigenvalue weighted by Crippen LogP contribution is 2.29. The van der Waals surface area contributed by atoms with E-state index < -0.39 is 17.8 Å². The highest BCUT2D eigenvalue weighted by molar-refractivity contribution is 5.88. The summed E-state index contributed by atoms with van der Waals surface area (Å²) in [7, 11) is 0. The van der Waals surface area contributed by atoms with Gasteiger partial charge in [-0.25, -0.2) is 9.86 Å². The second-order valence-electron chi connectivity index (χ2n) is 4.15. The standard InChI is InChI=1S/C12H13F3N2O2/c13-12(14,15)9-3-5-10(6-4-9)16-11(18)17-7-1-2-8-19-17/h3-6H,1-2,7-8H2,(H,16,18). The molecule has 0 atom stereocenters. The maximum Gasteiger partial charge on any atom is 0.416 e. The number of amides is 2. The molecule has 2 rings (SSSR count). The van der Waals surface area contributed by atoms with Crippen LogP contribution < -0.4 is 5.32 Å². The first-order valence-corrected chi connectivity index (χ1v) is 5.85. The minimum absolute atomic E-state index is 0.298. The summed E-state index contributed by atoms with van der Waals surface area (Å²) in [6.07, 6.45) is -2.64. The van der Waals surface area contributed by atoms with Crippen molar-refractivity contribution in [2.75, 3.05) is 18.5 Å². The van der Waals surface area contributed by atoms with E-state index in [2.05, 4.69) is 5.32 Å². The number of carbonyl (C=O) groups is 1. The van der Waals surface area contributed by atoms with Gasteiger partial charge in [0.1, 0.15) is 0 Å². The molecule has 1 aliphatic heterocycles. The highest BCUT2D eigenvalue weighted by atomic mass is 19.4. The molecular formula is C12H13F3N2O2. The molecule has 1 heterocycles. The summed E-state index contributed by atoms with van der Waals surface area (Å²) in [5.41, 5.74) is -0.452. The molecule has 1 N–H and O–H groups in total. The van der Waals surface area contributed by atoms with Crippen LogP contribution in [0.1, 0.15) is 18.4 Å². The molecule has 1 saturated heterocycles. The number of alkyl halides is 3. The molecule has 0 aromatic heterocycles. The van der Waals surface area contributed by atoms with Crippen LogP contribution in [-0.4, -0.2) is 24.2 Å². The van der Waals surface area contributed by atoms with Gasteiger partial charge in [-0.15, -0.1) is 0 Å². The number of nitrogens with zero attached hydrogens (tertiary/aromatic N) is 1. The van der Waals surface area contributed by atoms with E-state index >= 15 is 0 Å². The molecule has 104 valence electrons. The van der Waals surface area contributed by atoms with Crippen molar-refractivity contribution in [2.45, 2.75) is 19.0 Å². The van der Waals surface area contributed by atoms with E-state index in [0.717, 1.165) is 25.0 Å². The highest BCUT2D eigenvalue weighted by Gasteiger charge is 2.30. The van der Waals surface area contributed by atoms with Crippen LogP contribution in [0.4, 0.5) is 23.7 Å². The average molecular weight is 274 g/mol. The summed E-state index contributed by atoms with van der Waals surface area (Å²) in [5.74, 6) is 0. The molecular weight excluding hydrogens is 261 g/mol. The van der Waals surface area contributed by atoms with Crippen molar-refractivity contribution in [1.29, 1.82) is 0 Å². The Labute approximate surface area is 108 Å². The molecule has 0 unspecified atom stereocenters. The van der Waals surface area contributed by atoms with Gasteiger partial charge in [-0.3, -0.25) is 4.84 Å². The van der Waals surface area contributed by atoms with Gasteiger partial charge in [0, 0.05) is 5.69 Å². The van der Waals surface area contributed by atoms with Gasteiger partial charge in [-0.05, 0) is 37.1 Å². The van der Waals surface area contributed by atoms with Gasteiger partial charge >= 0.3 is 12.2 Å². The number of hydrogen-bond acceptors (Lipinski definition) is 2. The zero-order valence-corrected chi connectivity index (χ0v) is 10.0. The molecule has 7 heteroatoms. The van der Waals surface area contributed by atoms with Gasteiger partial charge in [-0.2, -0.15) is 13.2 Å². The van der Waals surface area contributed by atoms with Crippen LogP contribution in [0.5, 0.6) is 0 Å². The lowest BCUT2D eigenvalue weighted by molar-refractivity contribution is -0.137. The molecule has 4 nitrogen and oxygen atoms in total. The third-order valence-electron chi connectivity index (χ3n) is 2.69. The molecule has 0 radical (unpaired) electrons. The second kappa shape index (κ2) is 5.48. The molecule has 0 bridgehead atoms. The smallest absolute Gasteiger partial charge is 0.306 e. The van der Waals surface area contributed by atoms with Crippen molar-refractivity contribution in [2.24, 2.45) is 0 Å². The van der Waals surface area contributed by atoms with Crippen molar-refractivity contribution in [3.05, 3.63) is 29.8 Å². The Kier molecular flexibility index (Phi) is 3.94. The Hall–Kier alpha value is -1.76. The summed E-state index contributed by atoms with van der Waals surface area (Å²) < 4.78 is 37.1. The third-order valence-corrected chi connectivity index (χ3v) is 2.69. The fraction of sp³-hybridized carbons (Fsp3) is 0.417. The Morgan fingerprint density at radius 2 is 1.89 bits per heavy atom. The van der Waals surface area contributed by atoms with Crippen LogP contribution in [-0.2, 0) is 11.0 Å². The first-order chi connectivity index (χ1) is 8.97. The maximum absolute atomic E-state index is 12.4. The van der Waals surface area contributed by atoms with Gasteiger partial charge in [0.2, 0.25) is 0 Å². The minimum atomic E-state index is -4.38. The molecule has 19 heavy (non-hydrogen) atoms. The molecule has 0 spiro atoms. The van der Waals surface area contributed by atoms with E-state index in [-0.39, 0.29) is 0 Å². The molecule has 1 aliphatic rings. The number of hydrogen-bond donors (Lipinski definition) is 1. The van der Waals surface area contributed by atoms with Gasteiger partial charge in [0.15, 0.2) is 0 Å². The topological polar surface area (TPSA) is 41.6 Å². The summed E-state index contributed by atoms with van der Waals surface area (Å²) in [6, 6.07) is 3.80. The second-order valence-corrected chi connectivity index (χ2v) is 4.15. The molecule has 1 aromatic carbocycles. The Morgan fingerprint density at radius 1 is 1.21 bits per heavy atom. The van der Waals surface area contributed by atoms with E-state index in [1.807, 2.05) is 0 Å². The quantitative estimate of drug-likeness (QED) is 0.854. The van der Waals surface area contributed by atoms with Gasteiger partial charge in [0.25, 0.3) is 0 Å². The van der Waals surface area contributed by atoms with Crippen LogP contribution in [0.2, 0.25) is 0 Å². The normalized spacial score (nSPS) is 16.3. The van der Waals surface area contributed by atoms with Crippen LogP contribution in [0.15, 0.2) is 24.3 Å². The van der Waals surface area contributed by atoms with Crippen LogP contribution in [0.3, 0.4) is 0 Å². The van der Waals surface area contributed by atoms with E-state index in [9.17, 15) is 18.0 Å². The Morgan fingerprint density at radius 3 is 2.42 bits per heavy atom. The number of urea groups is 1. The summed E-state index contributed by atoms with van der Waals surface area (Å²) in [6.45, 7) is 0.951. The van der Waals surface area contributed by atoms with E-state index in [1.54, 1.807) is 0 Å². The number of carbonyl (C=O) groups excluding carboxylic acids is 1. The van der Waals surface area contributed by atoms with Crippen molar-refractivity contribution in [1.82, 2.24) is 5.06 Å². The number of benzene rings is 1. The lowest BCUT2D eigenvalue weighted by atomic mass is 10.2. The SMILES string of the molecule is O=C(Nc1ccc(C(F)(F)F)cc1)N1CCCCO1. The van der Waals surface area contributed by atoms with Crippen molar-refractivity contribution in [3.63, 3.8) is 0 Å². The predicted molar refractivity (Wildman–Crippen MR) is 62.4 cm³/mol. The molecule has 1 fully saturated rings. The largest absolute Gasteiger partial charge is 0.416 e.